The zero-order chi connectivity index (χ0) is 13.4. The lowest BCUT2D eigenvalue weighted by Gasteiger charge is -2.18. The van der Waals surface area contributed by atoms with Gasteiger partial charge in [-0.05, 0) is 16.8 Å². The molecular weight excluding hydrogens is 246 g/mol. The van der Waals surface area contributed by atoms with E-state index < -0.39 is 0 Å². The molecule has 3 aromatic rings. The van der Waals surface area contributed by atoms with Crippen molar-refractivity contribution in [3.8, 4) is 11.3 Å². The number of hydrogen-bond acceptors (Lipinski definition) is 3. The van der Waals surface area contributed by atoms with Crippen LogP contribution in [0.2, 0.25) is 0 Å². The summed E-state index contributed by atoms with van der Waals surface area (Å²) in [5.41, 5.74) is 4.66. The average molecular weight is 261 g/mol. The van der Waals surface area contributed by atoms with Crippen LogP contribution in [0.4, 0.5) is 0 Å². The summed E-state index contributed by atoms with van der Waals surface area (Å²) in [4.78, 5) is 8.93. The predicted octanol–water partition coefficient (Wildman–Crippen LogP) is 2.94. The molecule has 0 spiro atoms. The normalized spacial score (nSPS) is 14.2. The second kappa shape index (κ2) is 4.69. The van der Waals surface area contributed by atoms with E-state index in [2.05, 4.69) is 57.7 Å². The van der Waals surface area contributed by atoms with Crippen LogP contribution in [0.25, 0.3) is 22.0 Å². The first kappa shape index (κ1) is 11.6. The van der Waals surface area contributed by atoms with E-state index in [4.69, 9.17) is 0 Å². The Balaban J connectivity index is 1.90. The molecule has 1 aliphatic rings. The Bertz CT molecular complexity index is 780. The number of benzene rings is 2. The van der Waals surface area contributed by atoms with Gasteiger partial charge in [0.1, 0.15) is 6.33 Å². The van der Waals surface area contributed by atoms with Gasteiger partial charge in [-0.2, -0.15) is 0 Å². The number of aromatic nitrogens is 2. The molecule has 4 rings (SSSR count). The zero-order valence-electron chi connectivity index (χ0n) is 11.1. The SMILES string of the molecule is c1ccc2cc(-c3ncnc4c3CNCC4)ccc2c1. The van der Waals surface area contributed by atoms with Gasteiger partial charge in [-0.3, -0.25) is 0 Å². The number of hydrogen-bond donors (Lipinski definition) is 1. The average Bonchev–Trinajstić information content (AvgIpc) is 2.54. The van der Waals surface area contributed by atoms with Crippen LogP contribution < -0.4 is 5.32 Å². The van der Waals surface area contributed by atoms with Crippen molar-refractivity contribution in [2.75, 3.05) is 6.54 Å². The summed E-state index contributed by atoms with van der Waals surface area (Å²) < 4.78 is 0. The summed E-state index contributed by atoms with van der Waals surface area (Å²) in [6.45, 7) is 1.86. The van der Waals surface area contributed by atoms with E-state index in [0.717, 1.165) is 25.2 Å². The summed E-state index contributed by atoms with van der Waals surface area (Å²) in [7, 11) is 0. The molecule has 0 radical (unpaired) electrons. The van der Waals surface area contributed by atoms with Crippen LogP contribution in [0.5, 0.6) is 0 Å². The molecule has 0 unspecified atom stereocenters. The third kappa shape index (κ3) is 1.87. The molecule has 0 amide bonds. The van der Waals surface area contributed by atoms with Crippen molar-refractivity contribution >= 4 is 10.8 Å². The molecule has 20 heavy (non-hydrogen) atoms. The van der Waals surface area contributed by atoms with Gasteiger partial charge in [0.05, 0.1) is 11.4 Å². The van der Waals surface area contributed by atoms with Crippen molar-refractivity contribution in [2.45, 2.75) is 13.0 Å². The van der Waals surface area contributed by atoms with Gasteiger partial charge in [-0.25, -0.2) is 9.97 Å². The molecule has 0 bridgehead atoms. The fourth-order valence-corrected chi connectivity index (χ4v) is 2.86. The zero-order valence-corrected chi connectivity index (χ0v) is 11.1. The van der Waals surface area contributed by atoms with Gasteiger partial charge in [0.15, 0.2) is 0 Å². The van der Waals surface area contributed by atoms with E-state index in [1.807, 2.05) is 0 Å². The highest BCUT2D eigenvalue weighted by Gasteiger charge is 2.16. The highest BCUT2D eigenvalue weighted by molar-refractivity contribution is 5.87. The summed E-state index contributed by atoms with van der Waals surface area (Å²) >= 11 is 0. The lowest BCUT2D eigenvalue weighted by atomic mass is 9.98. The van der Waals surface area contributed by atoms with Crippen molar-refractivity contribution in [2.24, 2.45) is 0 Å². The molecule has 2 aromatic carbocycles. The molecule has 0 aliphatic carbocycles. The van der Waals surface area contributed by atoms with Gasteiger partial charge in [0.25, 0.3) is 0 Å². The van der Waals surface area contributed by atoms with Gasteiger partial charge in [0.2, 0.25) is 0 Å². The minimum absolute atomic E-state index is 0.859. The van der Waals surface area contributed by atoms with Gasteiger partial charge in [-0.1, -0.05) is 36.4 Å². The van der Waals surface area contributed by atoms with Crippen LogP contribution >= 0.6 is 0 Å². The quantitative estimate of drug-likeness (QED) is 0.732. The predicted molar refractivity (Wildman–Crippen MR) is 80.4 cm³/mol. The fourth-order valence-electron chi connectivity index (χ4n) is 2.86. The number of rotatable bonds is 1. The van der Waals surface area contributed by atoms with E-state index in [1.165, 1.54) is 27.6 Å². The van der Waals surface area contributed by atoms with Crippen LogP contribution in [-0.4, -0.2) is 16.5 Å². The maximum atomic E-state index is 4.52. The van der Waals surface area contributed by atoms with E-state index in [9.17, 15) is 0 Å². The summed E-state index contributed by atoms with van der Waals surface area (Å²) in [5, 5.41) is 5.92. The Kier molecular flexibility index (Phi) is 2.71. The van der Waals surface area contributed by atoms with Crippen molar-refractivity contribution in [1.29, 1.82) is 0 Å². The molecule has 98 valence electrons. The summed E-state index contributed by atoms with van der Waals surface area (Å²) in [6, 6.07) is 14.9. The third-order valence-corrected chi connectivity index (χ3v) is 3.90. The number of nitrogens with zero attached hydrogens (tertiary/aromatic N) is 2. The third-order valence-electron chi connectivity index (χ3n) is 3.90. The standard InChI is InChI=1S/C17H15N3/c1-2-4-13-9-14(6-5-12(13)3-1)17-15-10-18-8-7-16(15)19-11-20-17/h1-6,9,11,18H,7-8,10H2. The van der Waals surface area contributed by atoms with Crippen molar-refractivity contribution in [3.63, 3.8) is 0 Å². The van der Waals surface area contributed by atoms with Gasteiger partial charge in [-0.15, -0.1) is 0 Å². The van der Waals surface area contributed by atoms with Crippen LogP contribution in [0, 0.1) is 0 Å². The second-order valence-electron chi connectivity index (χ2n) is 5.14. The molecule has 0 saturated carbocycles. The Morgan fingerprint density at radius 1 is 0.950 bits per heavy atom. The van der Waals surface area contributed by atoms with Crippen molar-refractivity contribution in [1.82, 2.24) is 15.3 Å². The lowest BCUT2D eigenvalue weighted by Crippen LogP contribution is -2.25. The van der Waals surface area contributed by atoms with Crippen molar-refractivity contribution < 1.29 is 0 Å². The largest absolute Gasteiger partial charge is 0.312 e. The van der Waals surface area contributed by atoms with Crippen LogP contribution in [0.15, 0.2) is 48.8 Å². The Labute approximate surface area is 117 Å². The van der Waals surface area contributed by atoms with Crippen molar-refractivity contribution in [3.05, 3.63) is 60.0 Å². The van der Waals surface area contributed by atoms with Crippen LogP contribution in [0.1, 0.15) is 11.3 Å². The van der Waals surface area contributed by atoms with Gasteiger partial charge < -0.3 is 5.32 Å². The fraction of sp³-hybridized carbons (Fsp3) is 0.176. The summed E-state index contributed by atoms with van der Waals surface area (Å²) in [6.07, 6.45) is 2.67. The molecule has 3 nitrogen and oxygen atoms in total. The maximum absolute atomic E-state index is 4.52. The van der Waals surface area contributed by atoms with E-state index in [1.54, 1.807) is 6.33 Å². The highest BCUT2D eigenvalue weighted by Crippen LogP contribution is 2.27. The second-order valence-corrected chi connectivity index (χ2v) is 5.14. The van der Waals surface area contributed by atoms with E-state index in [0.29, 0.717) is 0 Å². The van der Waals surface area contributed by atoms with E-state index >= 15 is 0 Å². The van der Waals surface area contributed by atoms with Crippen LogP contribution in [0.3, 0.4) is 0 Å². The topological polar surface area (TPSA) is 37.8 Å². The molecule has 1 aliphatic heterocycles. The Morgan fingerprint density at radius 2 is 1.85 bits per heavy atom. The molecule has 1 aromatic heterocycles. The summed E-state index contributed by atoms with van der Waals surface area (Å²) in [5.74, 6) is 0. The maximum Gasteiger partial charge on any atom is 0.116 e. The molecule has 0 saturated heterocycles. The lowest BCUT2D eigenvalue weighted by molar-refractivity contribution is 0.627. The molecule has 0 atom stereocenters. The van der Waals surface area contributed by atoms with Crippen LogP contribution in [-0.2, 0) is 13.0 Å². The Morgan fingerprint density at radius 3 is 2.80 bits per heavy atom. The van der Waals surface area contributed by atoms with Gasteiger partial charge >= 0.3 is 0 Å². The molecule has 0 fully saturated rings. The Hall–Kier alpha value is -2.26. The number of nitrogens with one attached hydrogen (secondary N) is 1. The first-order valence-electron chi connectivity index (χ1n) is 6.94. The first-order chi connectivity index (χ1) is 9.92. The minimum Gasteiger partial charge on any atom is -0.312 e. The minimum atomic E-state index is 0.859. The molecule has 1 N–H and O–H groups in total. The number of fused-ring (bicyclic) bond motifs is 2. The molecular formula is C17H15N3. The molecule has 3 heteroatoms. The first-order valence-corrected chi connectivity index (χ1v) is 6.94. The smallest absolute Gasteiger partial charge is 0.116 e. The molecule has 2 heterocycles. The highest BCUT2D eigenvalue weighted by atomic mass is 14.9. The monoisotopic (exact) mass is 261 g/mol. The van der Waals surface area contributed by atoms with Gasteiger partial charge in [0, 0.05) is 30.6 Å². The van der Waals surface area contributed by atoms with E-state index in [-0.39, 0.29) is 0 Å².